The zero-order valence-electron chi connectivity index (χ0n) is 13.7. The lowest BCUT2D eigenvalue weighted by atomic mass is 9.87. The summed E-state index contributed by atoms with van der Waals surface area (Å²) in [5.41, 5.74) is 7.03. The van der Waals surface area contributed by atoms with Gasteiger partial charge in [-0.05, 0) is 31.2 Å². The number of fused-ring (bicyclic) bond motifs is 3. The summed E-state index contributed by atoms with van der Waals surface area (Å²) in [6, 6.07) is 13.0. The van der Waals surface area contributed by atoms with Gasteiger partial charge in [0, 0.05) is 12.4 Å². The van der Waals surface area contributed by atoms with Crippen LogP contribution in [0.25, 0.3) is 10.9 Å². The largest absolute Gasteiger partial charge is 0.465 e. The van der Waals surface area contributed by atoms with Crippen molar-refractivity contribution in [1.82, 2.24) is 4.57 Å². The molecule has 2 aromatic heterocycles. The number of aryl methyl sites for hydroxylation is 2. The molecule has 6 heteroatoms. The molecule has 3 heterocycles. The second-order valence-corrected chi connectivity index (χ2v) is 6.00. The highest BCUT2D eigenvalue weighted by atomic mass is 16.5. The molecule has 1 atom stereocenters. The summed E-state index contributed by atoms with van der Waals surface area (Å²) >= 11 is 0. The minimum absolute atomic E-state index is 0.00698. The molecule has 1 unspecified atom stereocenters. The number of nitrogens with two attached hydrogens (primary N) is 1. The molecule has 3 aromatic rings. The van der Waals surface area contributed by atoms with Crippen molar-refractivity contribution >= 4 is 10.9 Å². The molecule has 25 heavy (non-hydrogen) atoms. The molecule has 0 fully saturated rings. The van der Waals surface area contributed by atoms with Gasteiger partial charge in [-0.3, -0.25) is 4.79 Å². The molecule has 0 spiro atoms. The van der Waals surface area contributed by atoms with E-state index in [1.165, 1.54) is 0 Å². The topological polar surface area (TPSA) is 94.2 Å². The second kappa shape index (κ2) is 5.28. The zero-order valence-corrected chi connectivity index (χ0v) is 13.7. The van der Waals surface area contributed by atoms with Gasteiger partial charge in [0.2, 0.25) is 5.88 Å². The van der Waals surface area contributed by atoms with Gasteiger partial charge in [0.25, 0.3) is 5.56 Å². The molecule has 1 aliphatic heterocycles. The smallest absolute Gasteiger partial charge is 0.258 e. The molecule has 0 radical (unpaired) electrons. The summed E-state index contributed by atoms with van der Waals surface area (Å²) in [5.74, 6) is 0.873. The van der Waals surface area contributed by atoms with Crippen LogP contribution in [0.2, 0.25) is 0 Å². The average Bonchev–Trinajstić information content (AvgIpc) is 3.04. The van der Waals surface area contributed by atoms with Crippen LogP contribution in [0.4, 0.5) is 0 Å². The van der Waals surface area contributed by atoms with Crippen LogP contribution >= 0.6 is 0 Å². The molecule has 4 rings (SSSR count). The number of hydrogen-bond acceptors (Lipinski definition) is 5. The van der Waals surface area contributed by atoms with Gasteiger partial charge in [-0.2, -0.15) is 5.26 Å². The number of hydrogen-bond donors (Lipinski definition) is 1. The van der Waals surface area contributed by atoms with Crippen LogP contribution in [-0.4, -0.2) is 4.57 Å². The number of nitriles is 1. The van der Waals surface area contributed by atoms with Crippen LogP contribution in [0.1, 0.15) is 23.0 Å². The molecule has 6 nitrogen and oxygen atoms in total. The predicted molar refractivity (Wildman–Crippen MR) is 91.9 cm³/mol. The van der Waals surface area contributed by atoms with Gasteiger partial charge in [0.15, 0.2) is 0 Å². The lowest BCUT2D eigenvalue weighted by molar-refractivity contribution is 0.383. The molecule has 0 bridgehead atoms. The first-order valence-corrected chi connectivity index (χ1v) is 7.78. The van der Waals surface area contributed by atoms with Crippen LogP contribution in [0.3, 0.4) is 0 Å². The van der Waals surface area contributed by atoms with Gasteiger partial charge in [-0.25, -0.2) is 0 Å². The normalized spacial score (nSPS) is 16.4. The summed E-state index contributed by atoms with van der Waals surface area (Å²) in [4.78, 5) is 13.1. The molecule has 0 amide bonds. The van der Waals surface area contributed by atoms with Gasteiger partial charge in [0.1, 0.15) is 28.9 Å². The Hall–Kier alpha value is -3.46. The SMILES string of the molecule is Cc1ccc(C2C(C#N)=C(N)Oc3c2c(=O)n(C)c2ccccc32)o1. The molecule has 0 saturated carbocycles. The predicted octanol–water partition coefficient (Wildman–Crippen LogP) is 2.66. The van der Waals surface area contributed by atoms with Crippen molar-refractivity contribution in [1.29, 1.82) is 5.26 Å². The Morgan fingerprint density at radius 2 is 2.00 bits per heavy atom. The Balaban J connectivity index is 2.14. The third kappa shape index (κ3) is 2.06. The van der Waals surface area contributed by atoms with E-state index < -0.39 is 5.92 Å². The molecule has 1 aromatic carbocycles. The third-order valence-electron chi connectivity index (χ3n) is 4.51. The van der Waals surface area contributed by atoms with E-state index in [2.05, 4.69) is 6.07 Å². The quantitative estimate of drug-likeness (QED) is 0.739. The Morgan fingerprint density at radius 3 is 2.68 bits per heavy atom. The minimum Gasteiger partial charge on any atom is -0.465 e. The maximum absolute atomic E-state index is 13.1. The molecule has 124 valence electrons. The highest BCUT2D eigenvalue weighted by molar-refractivity contribution is 5.88. The van der Waals surface area contributed by atoms with Gasteiger partial charge in [0.05, 0.1) is 17.0 Å². The summed E-state index contributed by atoms with van der Waals surface area (Å²) in [7, 11) is 1.70. The van der Waals surface area contributed by atoms with E-state index in [-0.39, 0.29) is 17.0 Å². The van der Waals surface area contributed by atoms with Gasteiger partial charge >= 0.3 is 0 Å². The molecule has 0 aliphatic carbocycles. The molecular weight excluding hydrogens is 318 g/mol. The first kappa shape index (κ1) is 15.1. The Kier molecular flexibility index (Phi) is 3.19. The Bertz CT molecular complexity index is 1140. The van der Waals surface area contributed by atoms with E-state index in [9.17, 15) is 10.1 Å². The number of pyridine rings is 1. The van der Waals surface area contributed by atoms with E-state index >= 15 is 0 Å². The third-order valence-corrected chi connectivity index (χ3v) is 4.51. The number of allylic oxidation sites excluding steroid dienone is 1. The van der Waals surface area contributed by atoms with Crippen LogP contribution in [-0.2, 0) is 7.05 Å². The van der Waals surface area contributed by atoms with Crippen molar-refractivity contribution in [3.8, 4) is 11.8 Å². The van der Waals surface area contributed by atoms with Crippen molar-refractivity contribution in [2.24, 2.45) is 12.8 Å². The molecule has 1 aliphatic rings. The maximum atomic E-state index is 13.1. The van der Waals surface area contributed by atoms with Crippen molar-refractivity contribution < 1.29 is 9.15 Å². The Labute approximate surface area is 143 Å². The zero-order chi connectivity index (χ0) is 17.7. The molecule has 0 saturated heterocycles. The first-order chi connectivity index (χ1) is 12.0. The van der Waals surface area contributed by atoms with E-state index in [1.54, 1.807) is 30.7 Å². The molecule has 2 N–H and O–H groups in total. The maximum Gasteiger partial charge on any atom is 0.258 e. The lowest BCUT2D eigenvalue weighted by Gasteiger charge is -2.26. The number of aromatic nitrogens is 1. The second-order valence-electron chi connectivity index (χ2n) is 6.00. The average molecular weight is 333 g/mol. The van der Waals surface area contributed by atoms with E-state index in [0.717, 1.165) is 10.9 Å². The fraction of sp³-hybridized carbons (Fsp3) is 0.158. The number of nitrogens with zero attached hydrogens (tertiary/aromatic N) is 2. The summed E-state index contributed by atoms with van der Waals surface area (Å²) in [5, 5.41) is 10.3. The highest BCUT2D eigenvalue weighted by Gasteiger charge is 2.36. The van der Waals surface area contributed by atoms with Crippen LogP contribution in [0, 0.1) is 18.3 Å². The number of para-hydroxylation sites is 1. The highest BCUT2D eigenvalue weighted by Crippen LogP contribution is 2.43. The van der Waals surface area contributed by atoms with E-state index in [0.29, 0.717) is 22.8 Å². The van der Waals surface area contributed by atoms with Crippen molar-refractivity contribution in [3.05, 3.63) is 75.3 Å². The lowest BCUT2D eigenvalue weighted by Crippen LogP contribution is -2.30. The fourth-order valence-electron chi connectivity index (χ4n) is 3.32. The molecular formula is C19H15N3O3. The van der Waals surface area contributed by atoms with Crippen LogP contribution in [0.15, 0.2) is 57.1 Å². The summed E-state index contributed by atoms with van der Waals surface area (Å²) in [6.45, 7) is 1.81. The number of benzene rings is 1. The van der Waals surface area contributed by atoms with Gasteiger partial charge in [-0.15, -0.1) is 0 Å². The van der Waals surface area contributed by atoms with Crippen molar-refractivity contribution in [2.75, 3.05) is 0 Å². The fourth-order valence-corrected chi connectivity index (χ4v) is 3.32. The van der Waals surface area contributed by atoms with E-state index in [1.807, 2.05) is 24.3 Å². The monoisotopic (exact) mass is 333 g/mol. The summed E-state index contributed by atoms with van der Waals surface area (Å²) in [6.07, 6.45) is 0. The van der Waals surface area contributed by atoms with Crippen molar-refractivity contribution in [3.63, 3.8) is 0 Å². The first-order valence-electron chi connectivity index (χ1n) is 7.78. The van der Waals surface area contributed by atoms with Gasteiger partial charge < -0.3 is 19.5 Å². The van der Waals surface area contributed by atoms with Crippen LogP contribution < -0.4 is 16.0 Å². The number of furan rings is 1. The van der Waals surface area contributed by atoms with Crippen molar-refractivity contribution in [2.45, 2.75) is 12.8 Å². The number of ether oxygens (including phenoxy) is 1. The van der Waals surface area contributed by atoms with Gasteiger partial charge in [-0.1, -0.05) is 12.1 Å². The van der Waals surface area contributed by atoms with Crippen LogP contribution in [0.5, 0.6) is 5.75 Å². The number of rotatable bonds is 1. The standard InChI is InChI=1S/C19H15N3O3/c1-10-7-8-14(24-10)15-12(9-20)18(21)25-17-11-5-3-4-6-13(11)22(2)19(23)16(15)17/h3-8,15H,21H2,1-2H3. The van der Waals surface area contributed by atoms with E-state index in [4.69, 9.17) is 14.9 Å². The minimum atomic E-state index is -0.689. The Morgan fingerprint density at radius 1 is 1.24 bits per heavy atom. The summed E-state index contributed by atoms with van der Waals surface area (Å²) < 4.78 is 13.0.